The highest BCUT2D eigenvalue weighted by Gasteiger charge is 2.68. The number of carboxylic acid groups (broad SMARTS) is 1. The van der Waals surface area contributed by atoms with Gasteiger partial charge in [0.15, 0.2) is 0 Å². The van der Waals surface area contributed by atoms with Crippen molar-refractivity contribution in [2.75, 3.05) is 21.3 Å². The van der Waals surface area contributed by atoms with E-state index in [1.165, 1.54) is 51.2 Å². The van der Waals surface area contributed by atoms with Crippen LogP contribution in [-0.2, 0) is 23.9 Å². The van der Waals surface area contributed by atoms with E-state index in [4.69, 9.17) is 19.4 Å². The van der Waals surface area contributed by atoms with E-state index in [-0.39, 0.29) is 17.7 Å². The summed E-state index contributed by atoms with van der Waals surface area (Å²) in [5, 5.41) is 11.1. The number of methoxy groups -OCH3 is 2. The summed E-state index contributed by atoms with van der Waals surface area (Å²) in [6.07, 6.45) is 1.58. The second-order valence-corrected chi connectivity index (χ2v) is 12.4. The number of fused-ring (bicyclic) bond motifs is 1. The van der Waals surface area contributed by atoms with E-state index >= 15 is 0 Å². The molecule has 1 aromatic rings. The number of benzene rings is 1. The zero-order valence-electron chi connectivity index (χ0n) is 23.7. The Morgan fingerprint density at radius 3 is 2.27 bits per heavy atom. The number of likely N-dealkylation sites (tertiary alicyclic amines) is 1. The van der Waals surface area contributed by atoms with Gasteiger partial charge in [-0.15, -0.1) is 11.8 Å². The minimum absolute atomic E-state index is 0.114. The number of thioether (sulfide) groups is 1. The molecule has 3 fully saturated rings. The van der Waals surface area contributed by atoms with Crippen LogP contribution in [0.4, 0.5) is 13.2 Å². The van der Waals surface area contributed by atoms with Crippen LogP contribution in [0.3, 0.4) is 0 Å². The van der Waals surface area contributed by atoms with Crippen molar-refractivity contribution in [2.24, 2.45) is 17.8 Å². The molecular formula is C28H37F3N2O7S. The lowest BCUT2D eigenvalue weighted by Crippen LogP contribution is -2.56. The van der Waals surface area contributed by atoms with Crippen molar-refractivity contribution in [1.29, 1.82) is 0 Å². The summed E-state index contributed by atoms with van der Waals surface area (Å²) >= 11 is 1.86. The largest absolute Gasteiger partial charge is 0.496 e. The van der Waals surface area contributed by atoms with Gasteiger partial charge in [0, 0.05) is 23.2 Å². The van der Waals surface area contributed by atoms with Crippen LogP contribution >= 0.6 is 11.8 Å². The lowest BCUT2D eigenvalue weighted by molar-refractivity contribution is -0.192. The molecule has 41 heavy (non-hydrogen) atoms. The number of ether oxygens (including phenoxy) is 2. The van der Waals surface area contributed by atoms with Crippen LogP contribution in [0.25, 0.3) is 0 Å². The van der Waals surface area contributed by atoms with Crippen molar-refractivity contribution in [1.82, 2.24) is 10.2 Å². The molecule has 13 heteroatoms. The van der Waals surface area contributed by atoms with Crippen LogP contribution in [0, 0.1) is 17.8 Å². The molecule has 0 radical (unpaired) electrons. The predicted octanol–water partition coefficient (Wildman–Crippen LogP) is 4.59. The van der Waals surface area contributed by atoms with Gasteiger partial charge < -0.3 is 14.6 Å². The molecule has 3 aliphatic rings. The molecule has 0 unspecified atom stereocenters. The number of carbonyl (C=O) groups excluding carboxylic acids is 3. The quantitative estimate of drug-likeness (QED) is 0.341. The summed E-state index contributed by atoms with van der Waals surface area (Å²) in [5.74, 6) is -4.43. The Morgan fingerprint density at radius 2 is 1.76 bits per heavy atom. The van der Waals surface area contributed by atoms with Crippen molar-refractivity contribution < 1.29 is 46.9 Å². The second-order valence-electron chi connectivity index (χ2n) is 11.0. The van der Waals surface area contributed by atoms with E-state index in [1.807, 2.05) is 37.7 Å². The van der Waals surface area contributed by atoms with Gasteiger partial charge in [0.2, 0.25) is 11.8 Å². The number of hydrogen-bond acceptors (Lipinski definition) is 8. The van der Waals surface area contributed by atoms with Crippen LogP contribution in [0.5, 0.6) is 5.75 Å². The van der Waals surface area contributed by atoms with E-state index in [0.29, 0.717) is 11.7 Å². The Hall–Kier alpha value is -2.80. The maximum absolute atomic E-state index is 13.2. The van der Waals surface area contributed by atoms with Crippen LogP contribution in [0.2, 0.25) is 0 Å². The predicted molar refractivity (Wildman–Crippen MR) is 144 cm³/mol. The molecule has 2 amide bonds. The van der Waals surface area contributed by atoms with Crippen LogP contribution < -0.4 is 10.1 Å². The average Bonchev–Trinajstić information content (AvgIpc) is 3.37. The number of carbonyl (C=O) groups is 4. The summed E-state index contributed by atoms with van der Waals surface area (Å²) < 4.78 is 42.7. The molecule has 0 bridgehead atoms. The highest BCUT2D eigenvalue weighted by Crippen LogP contribution is 2.51. The van der Waals surface area contributed by atoms with Crippen molar-refractivity contribution in [3.05, 3.63) is 23.8 Å². The first-order chi connectivity index (χ1) is 19.2. The normalized spacial score (nSPS) is 26.5. The van der Waals surface area contributed by atoms with Gasteiger partial charge >= 0.3 is 18.1 Å². The first-order valence-corrected chi connectivity index (χ1v) is 14.4. The highest BCUT2D eigenvalue weighted by atomic mass is 32.2. The zero-order valence-corrected chi connectivity index (χ0v) is 24.6. The minimum atomic E-state index is -5.08. The summed E-state index contributed by atoms with van der Waals surface area (Å²) in [7, 11) is 4.49. The van der Waals surface area contributed by atoms with Gasteiger partial charge in [0.1, 0.15) is 11.3 Å². The molecule has 1 aromatic carbocycles. The van der Waals surface area contributed by atoms with Crippen LogP contribution in [0.15, 0.2) is 23.1 Å². The smallest absolute Gasteiger partial charge is 0.490 e. The van der Waals surface area contributed by atoms with Gasteiger partial charge in [0.25, 0.3) is 0 Å². The fourth-order valence-electron chi connectivity index (χ4n) is 6.06. The van der Waals surface area contributed by atoms with Gasteiger partial charge in [-0.3, -0.25) is 24.6 Å². The highest BCUT2D eigenvalue weighted by molar-refractivity contribution is 8.00. The summed E-state index contributed by atoms with van der Waals surface area (Å²) in [4.78, 5) is 50.8. The molecule has 0 aromatic heterocycles. The molecule has 228 valence electrons. The maximum Gasteiger partial charge on any atom is 0.490 e. The first-order valence-electron chi connectivity index (χ1n) is 13.5. The van der Waals surface area contributed by atoms with Crippen molar-refractivity contribution in [2.45, 2.75) is 80.3 Å². The van der Waals surface area contributed by atoms with Crippen LogP contribution in [0.1, 0.15) is 64.0 Å². The van der Waals surface area contributed by atoms with Gasteiger partial charge in [0.05, 0.1) is 26.1 Å². The van der Waals surface area contributed by atoms with Gasteiger partial charge in [-0.1, -0.05) is 39.2 Å². The summed E-state index contributed by atoms with van der Waals surface area (Å²) in [6.45, 7) is 4.00. The number of nitrogens with one attached hydrogen (secondary N) is 1. The Labute approximate surface area is 241 Å². The molecule has 4 rings (SSSR count). The third kappa shape index (κ3) is 6.82. The Morgan fingerprint density at radius 1 is 1.15 bits per heavy atom. The summed E-state index contributed by atoms with van der Waals surface area (Å²) in [6, 6.07) is 5.52. The number of imide groups is 1. The molecule has 0 spiro atoms. The third-order valence-corrected chi connectivity index (χ3v) is 9.19. The van der Waals surface area contributed by atoms with E-state index < -0.39 is 41.5 Å². The standard InChI is InChI=1S/C26H36N2O5S.C2HF3O2/c1-15(2)14-26(25(31)33-5)21-20(23(29)28(3)24(21)30)22(27-26)16-11-12-19(18(13-16)32-4)34-17-9-7-6-8-10-17;3-2(4,5)1(6)7/h11-13,15,17,20-22,27H,6-10,14H2,1-5H3;(H,6,7)/t20-,21-,22-,26-;/m1./s1. The van der Waals surface area contributed by atoms with E-state index in [1.54, 1.807) is 7.11 Å². The van der Waals surface area contributed by atoms with Gasteiger partial charge in [-0.05, 0) is 42.9 Å². The SMILES string of the molecule is COC(=O)[C@]1(CC(C)C)N[C@H](c2ccc(SC3CCCCC3)c(OC)c2)[C@@H]2C(=O)N(C)C(=O)[C@@H]21.O=C(O)C(F)(F)F. The molecule has 9 nitrogen and oxygen atoms in total. The number of halogens is 3. The number of aliphatic carboxylic acids is 1. The Bertz CT molecular complexity index is 1160. The minimum Gasteiger partial charge on any atom is -0.496 e. The number of alkyl halides is 3. The average molecular weight is 603 g/mol. The molecule has 2 saturated heterocycles. The van der Waals surface area contributed by atoms with E-state index in [0.717, 1.165) is 16.2 Å². The first kappa shape index (κ1) is 32.7. The Kier molecular flexibility index (Phi) is 10.4. The van der Waals surface area contributed by atoms with Gasteiger partial charge in [-0.25, -0.2) is 4.79 Å². The van der Waals surface area contributed by atoms with Gasteiger partial charge in [-0.2, -0.15) is 13.2 Å². The molecule has 1 saturated carbocycles. The fourth-order valence-corrected chi connectivity index (χ4v) is 7.39. The molecular weight excluding hydrogens is 565 g/mol. The number of nitrogens with zero attached hydrogens (tertiary/aromatic N) is 1. The van der Waals surface area contributed by atoms with Crippen molar-refractivity contribution in [3.63, 3.8) is 0 Å². The molecule has 2 heterocycles. The fraction of sp³-hybridized carbons (Fsp3) is 0.643. The molecule has 2 N–H and O–H groups in total. The number of hydrogen-bond donors (Lipinski definition) is 2. The molecule has 1 aliphatic carbocycles. The van der Waals surface area contributed by atoms with E-state index in [9.17, 15) is 27.6 Å². The zero-order chi connectivity index (χ0) is 30.7. The monoisotopic (exact) mass is 602 g/mol. The van der Waals surface area contributed by atoms with E-state index in [2.05, 4.69) is 11.4 Å². The topological polar surface area (TPSA) is 122 Å². The summed E-state index contributed by atoms with van der Waals surface area (Å²) in [5.41, 5.74) is -0.413. The second kappa shape index (κ2) is 13.0. The molecule has 2 aliphatic heterocycles. The Balaban J connectivity index is 0.000000587. The number of esters is 1. The van der Waals surface area contributed by atoms with Crippen LogP contribution in [-0.4, -0.2) is 72.0 Å². The van der Waals surface area contributed by atoms with Crippen molar-refractivity contribution >= 4 is 35.5 Å². The number of amides is 2. The lowest BCUT2D eigenvalue weighted by atomic mass is 9.75. The van der Waals surface area contributed by atoms with Crippen molar-refractivity contribution in [3.8, 4) is 5.75 Å². The lowest BCUT2D eigenvalue weighted by Gasteiger charge is -2.33. The number of rotatable bonds is 7. The third-order valence-electron chi connectivity index (χ3n) is 7.79. The molecule has 4 atom stereocenters. The number of carboxylic acids is 1. The maximum atomic E-state index is 13.2.